The second-order valence-corrected chi connectivity index (χ2v) is 4.51. The molecule has 5 nitrogen and oxygen atoms in total. The van der Waals surface area contributed by atoms with Crippen LogP contribution < -0.4 is 10.6 Å². The van der Waals surface area contributed by atoms with Crippen molar-refractivity contribution in [2.75, 3.05) is 18.5 Å². The normalized spacial score (nSPS) is 14.9. The summed E-state index contributed by atoms with van der Waals surface area (Å²) >= 11 is 0. The molecule has 2 rings (SSSR count). The zero-order valence-electron chi connectivity index (χ0n) is 10.9. The molecule has 5 heteroatoms. The van der Waals surface area contributed by atoms with Gasteiger partial charge in [0.2, 0.25) is 0 Å². The number of aryl methyl sites for hydroxylation is 1. The van der Waals surface area contributed by atoms with Crippen molar-refractivity contribution >= 4 is 11.7 Å². The molecule has 19 heavy (non-hydrogen) atoms. The van der Waals surface area contributed by atoms with Crippen molar-refractivity contribution < 1.29 is 14.6 Å². The van der Waals surface area contributed by atoms with Gasteiger partial charge >= 0.3 is 6.03 Å². The number of hydrogen-bond acceptors (Lipinski definition) is 3. The fourth-order valence-electron chi connectivity index (χ4n) is 1.89. The highest BCUT2D eigenvalue weighted by atomic mass is 16.5. The standard InChI is InChI=1S/C14H18N2O3/c1-10-8-12(17)2-3-13(10)16-14(18)15-9-11-4-6-19-7-5-11/h2-3,8-9,17H,4-7H2,1H3,(H2,15,16,18). The largest absolute Gasteiger partial charge is 0.508 e. The van der Waals surface area contributed by atoms with Crippen molar-refractivity contribution in [3.63, 3.8) is 0 Å². The molecular formula is C14H18N2O3. The smallest absolute Gasteiger partial charge is 0.323 e. The Bertz CT molecular complexity index is 489. The predicted octanol–water partition coefficient (Wildman–Crippen LogP) is 2.52. The van der Waals surface area contributed by atoms with E-state index in [2.05, 4.69) is 10.6 Å². The number of urea groups is 1. The molecule has 0 saturated carbocycles. The molecule has 2 amide bonds. The topological polar surface area (TPSA) is 70.6 Å². The van der Waals surface area contributed by atoms with E-state index < -0.39 is 0 Å². The number of nitrogens with one attached hydrogen (secondary N) is 2. The maximum absolute atomic E-state index is 11.7. The van der Waals surface area contributed by atoms with Crippen molar-refractivity contribution in [2.24, 2.45) is 0 Å². The summed E-state index contributed by atoms with van der Waals surface area (Å²) in [4.78, 5) is 11.7. The molecule has 102 valence electrons. The highest BCUT2D eigenvalue weighted by Crippen LogP contribution is 2.20. The highest BCUT2D eigenvalue weighted by Gasteiger charge is 2.07. The zero-order valence-corrected chi connectivity index (χ0v) is 10.9. The number of benzene rings is 1. The van der Waals surface area contributed by atoms with Crippen LogP contribution in [0.1, 0.15) is 18.4 Å². The van der Waals surface area contributed by atoms with E-state index in [9.17, 15) is 9.90 Å². The van der Waals surface area contributed by atoms with Gasteiger partial charge in [-0.05, 0) is 49.1 Å². The van der Waals surface area contributed by atoms with Gasteiger partial charge in [-0.15, -0.1) is 0 Å². The molecule has 1 heterocycles. The average Bonchev–Trinajstić information content (AvgIpc) is 2.41. The summed E-state index contributed by atoms with van der Waals surface area (Å²) in [6, 6.07) is 4.53. The summed E-state index contributed by atoms with van der Waals surface area (Å²) in [5.41, 5.74) is 2.68. The number of ether oxygens (including phenoxy) is 1. The fraction of sp³-hybridized carbons (Fsp3) is 0.357. The molecule has 1 saturated heterocycles. The Morgan fingerprint density at radius 1 is 1.37 bits per heavy atom. The van der Waals surface area contributed by atoms with E-state index in [1.165, 1.54) is 5.57 Å². The van der Waals surface area contributed by atoms with E-state index in [4.69, 9.17) is 4.74 Å². The van der Waals surface area contributed by atoms with Crippen molar-refractivity contribution in [3.8, 4) is 5.75 Å². The molecule has 0 aromatic heterocycles. The number of aromatic hydroxyl groups is 1. The van der Waals surface area contributed by atoms with Gasteiger partial charge in [-0.2, -0.15) is 0 Å². The van der Waals surface area contributed by atoms with E-state index in [0.717, 1.165) is 18.4 Å². The Morgan fingerprint density at radius 2 is 2.11 bits per heavy atom. The second-order valence-electron chi connectivity index (χ2n) is 4.51. The minimum Gasteiger partial charge on any atom is -0.508 e. The lowest BCUT2D eigenvalue weighted by atomic mass is 10.1. The van der Waals surface area contributed by atoms with Gasteiger partial charge in [-0.25, -0.2) is 4.79 Å². The number of phenols is 1. The van der Waals surface area contributed by atoms with Gasteiger partial charge in [-0.3, -0.25) is 0 Å². The van der Waals surface area contributed by atoms with Crippen LogP contribution >= 0.6 is 0 Å². The van der Waals surface area contributed by atoms with Crippen LogP contribution in [0.5, 0.6) is 5.75 Å². The van der Waals surface area contributed by atoms with Gasteiger partial charge in [0.1, 0.15) is 5.75 Å². The van der Waals surface area contributed by atoms with Crippen molar-refractivity contribution in [3.05, 3.63) is 35.5 Å². The third kappa shape index (κ3) is 3.99. The Hall–Kier alpha value is -2.01. The van der Waals surface area contributed by atoms with Gasteiger partial charge in [0.25, 0.3) is 0 Å². The number of rotatable bonds is 2. The molecule has 1 aliphatic heterocycles. The lowest BCUT2D eigenvalue weighted by molar-refractivity contribution is 0.119. The molecule has 0 aliphatic carbocycles. The third-order valence-corrected chi connectivity index (χ3v) is 3.00. The summed E-state index contributed by atoms with van der Waals surface area (Å²) in [5, 5.41) is 14.7. The van der Waals surface area contributed by atoms with Gasteiger partial charge < -0.3 is 20.5 Å². The van der Waals surface area contributed by atoms with Gasteiger partial charge in [0.15, 0.2) is 0 Å². The van der Waals surface area contributed by atoms with E-state index >= 15 is 0 Å². The summed E-state index contributed by atoms with van der Waals surface area (Å²) in [6.45, 7) is 3.25. The molecule has 3 N–H and O–H groups in total. The third-order valence-electron chi connectivity index (χ3n) is 3.00. The summed E-state index contributed by atoms with van der Waals surface area (Å²) in [7, 11) is 0. The van der Waals surface area contributed by atoms with Crippen LogP contribution in [0.25, 0.3) is 0 Å². The molecule has 1 aromatic carbocycles. The van der Waals surface area contributed by atoms with Crippen LogP contribution in [0.4, 0.5) is 10.5 Å². The maximum atomic E-state index is 11.7. The van der Waals surface area contributed by atoms with Crippen molar-refractivity contribution in [1.82, 2.24) is 5.32 Å². The van der Waals surface area contributed by atoms with E-state index in [1.807, 2.05) is 6.92 Å². The number of carbonyl (C=O) groups excluding carboxylic acids is 1. The van der Waals surface area contributed by atoms with Crippen molar-refractivity contribution in [1.29, 1.82) is 0 Å². The first-order valence-electron chi connectivity index (χ1n) is 6.28. The highest BCUT2D eigenvalue weighted by molar-refractivity contribution is 5.90. The predicted molar refractivity (Wildman–Crippen MR) is 73.1 cm³/mol. The minimum atomic E-state index is -0.284. The van der Waals surface area contributed by atoms with E-state index in [1.54, 1.807) is 24.4 Å². The van der Waals surface area contributed by atoms with Crippen LogP contribution in [0.3, 0.4) is 0 Å². The number of phenolic OH excluding ortho intramolecular Hbond substituents is 1. The lowest BCUT2D eigenvalue weighted by Gasteiger charge is -2.15. The molecule has 1 aromatic rings. The fourth-order valence-corrected chi connectivity index (χ4v) is 1.89. The van der Waals surface area contributed by atoms with Crippen LogP contribution in [0.15, 0.2) is 30.0 Å². The minimum absolute atomic E-state index is 0.188. The molecule has 0 radical (unpaired) electrons. The molecule has 0 unspecified atom stereocenters. The zero-order chi connectivity index (χ0) is 13.7. The number of anilines is 1. The number of hydrogen-bond donors (Lipinski definition) is 3. The van der Waals surface area contributed by atoms with E-state index in [-0.39, 0.29) is 11.8 Å². The Kier molecular flexibility index (Phi) is 4.41. The molecule has 0 spiro atoms. The SMILES string of the molecule is Cc1cc(O)ccc1NC(=O)NC=C1CCOCC1. The van der Waals surface area contributed by atoms with Gasteiger partial charge in [-0.1, -0.05) is 0 Å². The molecule has 0 bridgehead atoms. The van der Waals surface area contributed by atoms with Crippen LogP contribution in [0, 0.1) is 6.92 Å². The Labute approximate surface area is 112 Å². The Morgan fingerprint density at radius 3 is 2.79 bits per heavy atom. The van der Waals surface area contributed by atoms with Gasteiger partial charge in [0.05, 0.1) is 13.2 Å². The first-order chi connectivity index (χ1) is 9.15. The quantitative estimate of drug-likeness (QED) is 0.717. The first-order valence-corrected chi connectivity index (χ1v) is 6.28. The average molecular weight is 262 g/mol. The van der Waals surface area contributed by atoms with Crippen molar-refractivity contribution in [2.45, 2.75) is 19.8 Å². The Balaban J connectivity index is 1.90. The number of amides is 2. The molecule has 0 atom stereocenters. The monoisotopic (exact) mass is 262 g/mol. The van der Waals surface area contributed by atoms with Crippen LogP contribution in [0.2, 0.25) is 0 Å². The first kappa shape index (κ1) is 13.4. The maximum Gasteiger partial charge on any atom is 0.323 e. The van der Waals surface area contributed by atoms with Crippen LogP contribution in [-0.4, -0.2) is 24.4 Å². The number of carbonyl (C=O) groups is 1. The summed E-state index contributed by atoms with van der Waals surface area (Å²) < 4.78 is 5.24. The lowest BCUT2D eigenvalue weighted by Crippen LogP contribution is -2.25. The van der Waals surface area contributed by atoms with E-state index in [0.29, 0.717) is 18.9 Å². The second kappa shape index (κ2) is 6.24. The summed E-state index contributed by atoms with van der Waals surface area (Å²) in [6.07, 6.45) is 3.46. The van der Waals surface area contributed by atoms with Crippen LogP contribution in [-0.2, 0) is 4.74 Å². The molecular weight excluding hydrogens is 244 g/mol. The van der Waals surface area contributed by atoms with Gasteiger partial charge in [0, 0.05) is 11.9 Å². The summed E-state index contributed by atoms with van der Waals surface area (Å²) in [5.74, 6) is 0.188. The molecule has 1 fully saturated rings. The molecule has 1 aliphatic rings.